The minimum absolute atomic E-state index is 0.0243. The highest BCUT2D eigenvalue weighted by atomic mass is 16.5. The third kappa shape index (κ3) is 2.39. The minimum Gasteiger partial charge on any atom is -0.497 e. The summed E-state index contributed by atoms with van der Waals surface area (Å²) < 4.78 is 7.63. The second-order valence-electron chi connectivity index (χ2n) is 8.29. The number of methoxy groups -OCH3 is 1. The number of ether oxygens (including phenoxy) is 1. The number of nitrogens with two attached hydrogens (primary N) is 1. The molecule has 2 aliphatic rings. The Morgan fingerprint density at radius 1 is 1.13 bits per heavy atom. The van der Waals surface area contributed by atoms with Crippen molar-refractivity contribution in [1.82, 2.24) is 9.88 Å². The van der Waals surface area contributed by atoms with Crippen LogP contribution in [-0.4, -0.2) is 29.3 Å². The minimum atomic E-state index is -0.0243. The number of hydrogen-bond donors (Lipinski definition) is 3. The van der Waals surface area contributed by atoms with E-state index in [1.165, 1.54) is 11.1 Å². The van der Waals surface area contributed by atoms with Gasteiger partial charge in [-0.15, -0.1) is 0 Å². The molecule has 0 bridgehead atoms. The molecule has 6 heteroatoms. The molecule has 1 aromatic heterocycles. The fourth-order valence-corrected chi connectivity index (χ4v) is 5.50. The second-order valence-corrected chi connectivity index (χ2v) is 8.29. The van der Waals surface area contributed by atoms with Crippen LogP contribution in [0.3, 0.4) is 0 Å². The van der Waals surface area contributed by atoms with E-state index in [0.717, 1.165) is 62.7 Å². The summed E-state index contributed by atoms with van der Waals surface area (Å²) in [6.45, 7) is 1.03. The lowest BCUT2D eigenvalue weighted by Crippen LogP contribution is -2.16. The molecule has 156 valence electrons. The monoisotopic (exact) mass is 413 g/mol. The van der Waals surface area contributed by atoms with Gasteiger partial charge in [-0.25, -0.2) is 0 Å². The topological polar surface area (TPSA) is 89.5 Å². The number of nitrogens with zero attached hydrogens (tertiary/aromatic N) is 1. The molecule has 0 fully saturated rings. The largest absolute Gasteiger partial charge is 0.497 e. The first kappa shape index (κ1) is 18.3. The molecular weight excluding hydrogens is 390 g/mol. The molecule has 0 spiro atoms. The second kappa shape index (κ2) is 6.49. The van der Waals surface area contributed by atoms with Crippen molar-refractivity contribution in [2.45, 2.75) is 25.9 Å². The van der Waals surface area contributed by atoms with Gasteiger partial charge in [0.05, 0.1) is 24.8 Å². The van der Waals surface area contributed by atoms with Gasteiger partial charge in [-0.1, -0.05) is 6.07 Å². The molecule has 2 heterocycles. The van der Waals surface area contributed by atoms with Gasteiger partial charge in [0, 0.05) is 40.6 Å². The van der Waals surface area contributed by atoms with Gasteiger partial charge in [0.1, 0.15) is 5.75 Å². The number of aliphatic hydroxyl groups excluding tert-OH is 1. The standard InChI is InChI=1S/C25H23N3O3/c1-31-15-4-6-16-13(10-15)2-5-17-21(16)23-19(12-27-25(23)30)22-18-11-14(26)3-7-20(18)28(8-9-29)24(17)22/h3-4,6-7,10-11,29H,2,5,8-9,12,26H2,1H3,(H,27,30). The Kier molecular flexibility index (Phi) is 3.83. The summed E-state index contributed by atoms with van der Waals surface area (Å²) >= 11 is 0. The van der Waals surface area contributed by atoms with Crippen LogP contribution in [0, 0.1) is 0 Å². The number of aromatic nitrogens is 1. The molecule has 0 unspecified atom stereocenters. The Morgan fingerprint density at radius 2 is 2.00 bits per heavy atom. The van der Waals surface area contributed by atoms with Crippen LogP contribution in [0.25, 0.3) is 32.9 Å². The third-order valence-corrected chi connectivity index (χ3v) is 6.73. The Hall–Kier alpha value is -3.51. The van der Waals surface area contributed by atoms with Crippen molar-refractivity contribution in [3.63, 3.8) is 0 Å². The Labute approximate surface area is 179 Å². The molecule has 4 aromatic rings. The van der Waals surface area contributed by atoms with Gasteiger partial charge in [-0.05, 0) is 65.4 Å². The van der Waals surface area contributed by atoms with E-state index in [2.05, 4.69) is 22.0 Å². The number of nitrogen functional groups attached to an aromatic ring is 1. The van der Waals surface area contributed by atoms with Crippen LogP contribution in [0.2, 0.25) is 0 Å². The van der Waals surface area contributed by atoms with E-state index < -0.39 is 0 Å². The van der Waals surface area contributed by atoms with Crippen LogP contribution in [0.1, 0.15) is 27.0 Å². The average molecular weight is 413 g/mol. The highest BCUT2D eigenvalue weighted by Gasteiger charge is 2.34. The number of carbonyl (C=O) groups excluding carboxylic acids is 1. The summed E-state index contributed by atoms with van der Waals surface area (Å²) in [6, 6.07) is 12.0. The van der Waals surface area contributed by atoms with Crippen LogP contribution in [0.15, 0.2) is 36.4 Å². The van der Waals surface area contributed by atoms with Crippen molar-refractivity contribution < 1.29 is 14.6 Å². The quantitative estimate of drug-likeness (QED) is 0.449. The maximum atomic E-state index is 13.0. The zero-order valence-electron chi connectivity index (χ0n) is 17.3. The van der Waals surface area contributed by atoms with E-state index >= 15 is 0 Å². The SMILES string of the molecule is COc1ccc2c(c1)CCc1c-2c2c(c3c4cc(N)ccc4n(CCO)c13)CNC2=O. The molecule has 31 heavy (non-hydrogen) atoms. The predicted octanol–water partition coefficient (Wildman–Crippen LogP) is 3.39. The fraction of sp³-hybridized carbons (Fsp3) is 0.240. The molecule has 3 aromatic carbocycles. The van der Waals surface area contributed by atoms with Crippen LogP contribution < -0.4 is 15.8 Å². The summed E-state index contributed by atoms with van der Waals surface area (Å²) in [7, 11) is 1.67. The predicted molar refractivity (Wildman–Crippen MR) is 122 cm³/mol. The van der Waals surface area contributed by atoms with Crippen molar-refractivity contribution in [1.29, 1.82) is 0 Å². The van der Waals surface area contributed by atoms with Crippen LogP contribution in [-0.2, 0) is 25.9 Å². The number of carbonyl (C=O) groups is 1. The van der Waals surface area contributed by atoms with E-state index in [9.17, 15) is 9.90 Å². The van der Waals surface area contributed by atoms with Crippen molar-refractivity contribution in [3.05, 3.63) is 58.7 Å². The molecule has 0 atom stereocenters. The molecule has 4 N–H and O–H groups in total. The van der Waals surface area contributed by atoms with Crippen molar-refractivity contribution >= 4 is 33.4 Å². The number of nitrogens with one attached hydrogen (secondary N) is 1. The van der Waals surface area contributed by atoms with Crippen molar-refractivity contribution in [2.24, 2.45) is 0 Å². The molecule has 6 nitrogen and oxygen atoms in total. The first-order chi connectivity index (χ1) is 15.1. The van der Waals surface area contributed by atoms with Crippen LogP contribution in [0.4, 0.5) is 5.69 Å². The number of benzene rings is 3. The number of amides is 1. The molecule has 1 amide bonds. The molecule has 1 aliphatic heterocycles. The molecule has 0 saturated carbocycles. The highest BCUT2D eigenvalue weighted by Crippen LogP contribution is 2.47. The number of rotatable bonds is 3. The Bertz CT molecular complexity index is 1420. The molecule has 0 radical (unpaired) electrons. The van der Waals surface area contributed by atoms with Gasteiger partial charge >= 0.3 is 0 Å². The maximum absolute atomic E-state index is 13.0. The molecule has 1 aliphatic carbocycles. The number of aryl methyl sites for hydroxylation is 2. The van der Waals surface area contributed by atoms with E-state index in [4.69, 9.17) is 10.5 Å². The number of anilines is 1. The van der Waals surface area contributed by atoms with E-state index in [0.29, 0.717) is 18.8 Å². The van der Waals surface area contributed by atoms with Crippen molar-refractivity contribution in [3.8, 4) is 16.9 Å². The maximum Gasteiger partial charge on any atom is 0.252 e. The lowest BCUT2D eigenvalue weighted by Gasteiger charge is -2.25. The third-order valence-electron chi connectivity index (χ3n) is 6.73. The smallest absolute Gasteiger partial charge is 0.252 e. The number of fused-ring (bicyclic) bond motifs is 10. The zero-order chi connectivity index (χ0) is 21.3. The lowest BCUT2D eigenvalue weighted by molar-refractivity contribution is 0.0966. The first-order valence-electron chi connectivity index (χ1n) is 10.6. The van der Waals surface area contributed by atoms with Gasteiger partial charge in [-0.3, -0.25) is 4.79 Å². The van der Waals surface area contributed by atoms with E-state index in [-0.39, 0.29) is 12.5 Å². The molecular formula is C25H23N3O3. The zero-order valence-corrected chi connectivity index (χ0v) is 17.3. The molecule has 6 rings (SSSR count). The van der Waals surface area contributed by atoms with Gasteiger partial charge in [0.15, 0.2) is 0 Å². The normalized spacial score (nSPS) is 14.5. The van der Waals surface area contributed by atoms with Crippen LogP contribution in [0.5, 0.6) is 5.75 Å². The number of aliphatic hydroxyl groups is 1. The summed E-state index contributed by atoms with van der Waals surface area (Å²) in [5.41, 5.74) is 15.3. The first-order valence-corrected chi connectivity index (χ1v) is 10.6. The van der Waals surface area contributed by atoms with Gasteiger partial charge in [0.2, 0.25) is 0 Å². The van der Waals surface area contributed by atoms with Crippen molar-refractivity contribution in [2.75, 3.05) is 19.5 Å². The average Bonchev–Trinajstić information content (AvgIpc) is 3.31. The van der Waals surface area contributed by atoms with Gasteiger partial charge in [-0.2, -0.15) is 0 Å². The fourth-order valence-electron chi connectivity index (χ4n) is 5.50. The number of hydrogen-bond acceptors (Lipinski definition) is 4. The van der Waals surface area contributed by atoms with Gasteiger partial charge < -0.3 is 25.5 Å². The summed E-state index contributed by atoms with van der Waals surface area (Å²) in [4.78, 5) is 13.0. The lowest BCUT2D eigenvalue weighted by atomic mass is 9.80. The highest BCUT2D eigenvalue weighted by molar-refractivity contribution is 6.19. The van der Waals surface area contributed by atoms with Crippen LogP contribution >= 0.6 is 0 Å². The summed E-state index contributed by atoms with van der Waals surface area (Å²) in [5.74, 6) is 0.804. The van der Waals surface area contributed by atoms with Gasteiger partial charge in [0.25, 0.3) is 5.91 Å². The summed E-state index contributed by atoms with van der Waals surface area (Å²) in [6.07, 6.45) is 1.70. The Balaban J connectivity index is 1.82. The molecule has 0 saturated heterocycles. The van der Waals surface area contributed by atoms with E-state index in [1.807, 2.05) is 24.3 Å². The Morgan fingerprint density at radius 3 is 2.81 bits per heavy atom. The van der Waals surface area contributed by atoms with E-state index in [1.54, 1.807) is 7.11 Å². The summed E-state index contributed by atoms with van der Waals surface area (Å²) in [5, 5.41) is 15.0.